The number of hydrogen-bond donors (Lipinski definition) is 8. The van der Waals surface area contributed by atoms with Gasteiger partial charge in [-0.25, -0.2) is 0 Å². The van der Waals surface area contributed by atoms with E-state index in [2.05, 4.69) is 10.6 Å². The summed E-state index contributed by atoms with van der Waals surface area (Å²) in [5, 5.41) is 54.8. The van der Waals surface area contributed by atoms with Gasteiger partial charge in [0.25, 0.3) is 0 Å². The molecule has 1 aromatic rings. The van der Waals surface area contributed by atoms with Crippen LogP contribution in [0.3, 0.4) is 0 Å². The highest BCUT2D eigenvalue weighted by Crippen LogP contribution is 2.42. The average Bonchev–Trinajstić information content (AvgIpc) is 3.73. The van der Waals surface area contributed by atoms with Crippen LogP contribution in [0.25, 0.3) is 0 Å². The molecule has 3 aliphatic heterocycles. The summed E-state index contributed by atoms with van der Waals surface area (Å²) in [5.41, 5.74) is 7.44. The zero-order chi connectivity index (χ0) is 36.8. The highest BCUT2D eigenvalue weighted by atomic mass is 16.7. The number of aliphatic hydroxyl groups is 4. The van der Waals surface area contributed by atoms with Gasteiger partial charge in [0, 0.05) is 32.1 Å². The van der Waals surface area contributed by atoms with Gasteiger partial charge >= 0.3 is 0 Å². The van der Waals surface area contributed by atoms with Gasteiger partial charge in [-0.3, -0.25) is 19.8 Å². The fourth-order valence-corrected chi connectivity index (χ4v) is 7.69. The normalized spacial score (nSPS) is 30.4. The first kappa shape index (κ1) is 38.6. The van der Waals surface area contributed by atoms with Crippen LogP contribution in [-0.2, 0) is 30.3 Å². The molecule has 9 N–H and O–H groups in total. The molecule has 1 saturated carbocycles. The van der Waals surface area contributed by atoms with Gasteiger partial charge in [-0.2, -0.15) is 0 Å². The Labute approximate surface area is 298 Å². The molecule has 0 aromatic heterocycles. The molecule has 3 heterocycles. The first-order valence-electron chi connectivity index (χ1n) is 18.0. The second-order valence-corrected chi connectivity index (χ2v) is 14.7. The molecule has 0 bridgehead atoms. The smallest absolute Gasteiger partial charge is 0.249 e. The summed E-state index contributed by atoms with van der Waals surface area (Å²) in [5.74, 6) is -1.44. The Morgan fingerprint density at radius 1 is 1.10 bits per heavy atom. The Hall–Kier alpha value is -3.60. The number of rotatable bonds is 13. The summed E-state index contributed by atoms with van der Waals surface area (Å²) in [6.07, 6.45) is -2.29. The van der Waals surface area contributed by atoms with Crippen molar-refractivity contribution in [1.82, 2.24) is 20.4 Å². The number of nitrogens with zero attached hydrogens (tertiary/aromatic N) is 2. The van der Waals surface area contributed by atoms with E-state index >= 15 is 0 Å². The Morgan fingerprint density at radius 2 is 1.84 bits per heavy atom. The van der Waals surface area contributed by atoms with Crippen LogP contribution in [0.2, 0.25) is 0 Å². The molecule has 3 fully saturated rings. The number of ether oxygens (including phenoxy) is 2. The van der Waals surface area contributed by atoms with Gasteiger partial charge in [0.15, 0.2) is 12.2 Å². The van der Waals surface area contributed by atoms with Gasteiger partial charge in [0.2, 0.25) is 17.7 Å². The lowest BCUT2D eigenvalue weighted by molar-refractivity contribution is -0.285. The number of nitrogens with one attached hydrogen (secondary N) is 3. The number of guanidine groups is 1. The maximum absolute atomic E-state index is 14.6. The van der Waals surface area contributed by atoms with Crippen molar-refractivity contribution in [3.8, 4) is 0 Å². The highest BCUT2D eigenvalue weighted by Gasteiger charge is 2.51. The number of likely N-dealkylation sites (tertiary alicyclic amines) is 1. The van der Waals surface area contributed by atoms with E-state index in [9.17, 15) is 34.8 Å². The monoisotopic (exact) mass is 714 g/mol. The van der Waals surface area contributed by atoms with Crippen LogP contribution in [0.1, 0.15) is 57.9 Å². The van der Waals surface area contributed by atoms with Crippen LogP contribution in [0.4, 0.5) is 0 Å². The van der Waals surface area contributed by atoms with Crippen LogP contribution in [0.5, 0.6) is 0 Å². The van der Waals surface area contributed by atoms with Gasteiger partial charge < -0.3 is 56.1 Å². The predicted molar refractivity (Wildman–Crippen MR) is 186 cm³/mol. The van der Waals surface area contributed by atoms with Crippen molar-refractivity contribution in [2.45, 2.75) is 114 Å². The number of carbonyl (C=O) groups is 3. The number of nitrogens with two attached hydrogens (primary N) is 1. The van der Waals surface area contributed by atoms with Crippen molar-refractivity contribution in [2.75, 3.05) is 26.2 Å². The highest BCUT2D eigenvalue weighted by molar-refractivity contribution is 5.93. The molecule has 0 unspecified atom stereocenters. The van der Waals surface area contributed by atoms with E-state index in [4.69, 9.17) is 20.6 Å². The lowest BCUT2D eigenvalue weighted by atomic mass is 9.82. The van der Waals surface area contributed by atoms with Gasteiger partial charge in [-0.05, 0) is 55.9 Å². The van der Waals surface area contributed by atoms with Crippen LogP contribution < -0.4 is 16.4 Å². The number of carbonyl (C=O) groups excluding carboxylic acids is 3. The molecule has 282 valence electrons. The summed E-state index contributed by atoms with van der Waals surface area (Å²) in [4.78, 5) is 45.1. The van der Waals surface area contributed by atoms with E-state index in [1.54, 1.807) is 9.80 Å². The molecule has 3 amide bonds. The third-order valence-corrected chi connectivity index (χ3v) is 10.4. The first-order chi connectivity index (χ1) is 24.3. The third-order valence-electron chi connectivity index (χ3n) is 10.4. The third kappa shape index (κ3) is 9.64. The van der Waals surface area contributed by atoms with Crippen molar-refractivity contribution in [3.63, 3.8) is 0 Å². The van der Waals surface area contributed by atoms with Crippen molar-refractivity contribution in [2.24, 2.45) is 17.6 Å². The zero-order valence-electron chi connectivity index (χ0n) is 29.4. The number of aliphatic hydroxyl groups excluding tert-OH is 4. The van der Waals surface area contributed by atoms with E-state index in [-0.39, 0.29) is 43.2 Å². The van der Waals surface area contributed by atoms with E-state index < -0.39 is 66.7 Å². The average molecular weight is 715 g/mol. The van der Waals surface area contributed by atoms with Crippen molar-refractivity contribution in [3.05, 3.63) is 47.5 Å². The lowest BCUT2D eigenvalue weighted by Crippen LogP contribution is -2.58. The van der Waals surface area contributed by atoms with Crippen molar-refractivity contribution in [1.29, 1.82) is 5.41 Å². The van der Waals surface area contributed by atoms with Crippen molar-refractivity contribution >= 4 is 23.7 Å². The quantitative estimate of drug-likeness (QED) is 0.0728. The summed E-state index contributed by atoms with van der Waals surface area (Å²) in [6.45, 7) is 5.05. The summed E-state index contributed by atoms with van der Waals surface area (Å²) in [6, 6.07) is 6.86. The Bertz CT molecular complexity index is 1410. The van der Waals surface area contributed by atoms with E-state index in [1.165, 1.54) is 0 Å². The van der Waals surface area contributed by atoms with Crippen LogP contribution >= 0.6 is 0 Å². The molecule has 10 atom stereocenters. The first-order valence-corrected chi connectivity index (χ1v) is 18.0. The Morgan fingerprint density at radius 3 is 2.53 bits per heavy atom. The topological polar surface area (TPSA) is 231 Å². The molecule has 1 aromatic carbocycles. The molecule has 15 heteroatoms. The number of fused-ring (bicyclic) bond motifs is 1. The van der Waals surface area contributed by atoms with Gasteiger partial charge in [0.05, 0.1) is 12.7 Å². The molecular formula is C36H54N6O9. The molecule has 0 spiro atoms. The fourth-order valence-electron chi connectivity index (χ4n) is 7.69. The molecule has 1 aliphatic carbocycles. The number of hydrogen-bond acceptors (Lipinski definition) is 10. The fraction of sp³-hybridized carbons (Fsp3) is 0.667. The van der Waals surface area contributed by atoms with E-state index in [1.807, 2.05) is 50.3 Å². The predicted octanol–water partition coefficient (Wildman–Crippen LogP) is -0.644. The maximum atomic E-state index is 14.6. The number of benzene rings is 1. The van der Waals surface area contributed by atoms with Crippen molar-refractivity contribution < 1.29 is 44.3 Å². The molecular weight excluding hydrogens is 660 g/mol. The molecule has 0 radical (unpaired) electrons. The van der Waals surface area contributed by atoms with Crippen LogP contribution in [-0.4, -0.2) is 135 Å². The maximum Gasteiger partial charge on any atom is 0.249 e. The molecule has 15 nitrogen and oxygen atoms in total. The zero-order valence-corrected chi connectivity index (χ0v) is 29.4. The summed E-state index contributed by atoms with van der Waals surface area (Å²) in [7, 11) is 0. The standard InChI is InChI=1S/C36H54N6O9/c1-20(2)14-25(40-33(48)28(43)15-21-6-4-3-5-7-21)34(49)42-26-17-24(51-35-31(46)30(45)29(44)19-50-35)9-8-23(26)16-27(42)32(47)39-12-10-22-11-13-41(18-22)36(37)38/h3-7,11,20,23-31,35,43-46H,8-10,12-19H2,1-2H3,(H3,37,38)(H,39,47)(H,40,48)/t23-,24+,25+,26-,27-,28+,29+,30-,31+,35+/m0/s1. The Kier molecular flexibility index (Phi) is 13.1. The Balaban J connectivity index is 1.32. The minimum absolute atomic E-state index is 0.000369. The van der Waals surface area contributed by atoms with Crippen LogP contribution in [0.15, 0.2) is 42.0 Å². The summed E-state index contributed by atoms with van der Waals surface area (Å²) < 4.78 is 11.6. The number of amides is 3. The molecule has 5 rings (SSSR count). The largest absolute Gasteiger partial charge is 0.388 e. The molecule has 4 aliphatic rings. The second kappa shape index (κ2) is 17.3. The van der Waals surface area contributed by atoms with Gasteiger partial charge in [-0.15, -0.1) is 0 Å². The minimum atomic E-state index is -1.46. The van der Waals surface area contributed by atoms with E-state index in [0.717, 1.165) is 11.1 Å². The van der Waals surface area contributed by atoms with E-state index in [0.29, 0.717) is 51.7 Å². The van der Waals surface area contributed by atoms with Gasteiger partial charge in [-0.1, -0.05) is 55.8 Å². The summed E-state index contributed by atoms with van der Waals surface area (Å²) >= 11 is 0. The second-order valence-electron chi connectivity index (χ2n) is 14.7. The molecule has 51 heavy (non-hydrogen) atoms. The molecule has 2 saturated heterocycles. The lowest BCUT2D eigenvalue weighted by Gasteiger charge is -2.41. The van der Waals surface area contributed by atoms with Crippen LogP contribution in [0, 0.1) is 17.2 Å². The van der Waals surface area contributed by atoms with Gasteiger partial charge in [0.1, 0.15) is 36.5 Å². The minimum Gasteiger partial charge on any atom is -0.388 e. The SMILES string of the molecule is CC(C)C[C@@H](NC(=O)[C@H](O)Cc1ccccc1)C(=O)N1[C@H](C(=O)NCCC2=CCN(C(=N)N)C2)C[C@@H]2CC[C@@H](O[C@H]3OC[C@@H](O)[C@H](O)[C@H]3O)C[C@@H]21.